The molecule has 0 saturated heterocycles. The Balaban J connectivity index is 2.42. The summed E-state index contributed by atoms with van der Waals surface area (Å²) in [6, 6.07) is 4.45. The lowest BCUT2D eigenvalue weighted by Gasteiger charge is -2.28. The second-order valence-electron chi connectivity index (χ2n) is 3.33. The summed E-state index contributed by atoms with van der Waals surface area (Å²) in [4.78, 5) is 4.36. The number of nitrogens with one attached hydrogen (secondary N) is 1. The summed E-state index contributed by atoms with van der Waals surface area (Å²) in [6.45, 7) is 2.99. The predicted molar refractivity (Wildman–Crippen MR) is 50.4 cm³/mol. The quantitative estimate of drug-likeness (QED) is 0.706. The van der Waals surface area contributed by atoms with Crippen LogP contribution in [-0.4, -0.2) is 18.6 Å². The molecule has 70 valence electrons. The van der Waals surface area contributed by atoms with Crippen LogP contribution in [0, 0.1) is 0 Å². The van der Waals surface area contributed by atoms with E-state index in [1.165, 1.54) is 5.56 Å². The fourth-order valence-electron chi connectivity index (χ4n) is 1.75. The normalized spacial score (nSPS) is 26.9. The molecule has 2 heterocycles. The van der Waals surface area contributed by atoms with Crippen LogP contribution < -0.4 is 5.32 Å². The second-order valence-corrected chi connectivity index (χ2v) is 3.33. The topological polar surface area (TPSA) is 34.1 Å². The van der Waals surface area contributed by atoms with E-state index in [4.69, 9.17) is 4.74 Å². The first-order valence-electron chi connectivity index (χ1n) is 4.54. The number of hydrogen-bond donors (Lipinski definition) is 1. The zero-order valence-electron chi connectivity index (χ0n) is 7.95. The number of nitrogens with zero attached hydrogens (tertiary/aromatic N) is 1. The van der Waals surface area contributed by atoms with Crippen molar-refractivity contribution in [3.05, 3.63) is 29.6 Å². The van der Waals surface area contributed by atoms with Gasteiger partial charge in [0.25, 0.3) is 0 Å². The smallest absolute Gasteiger partial charge is 0.112 e. The number of fused-ring (bicyclic) bond motifs is 1. The Morgan fingerprint density at radius 3 is 3.23 bits per heavy atom. The number of ether oxygens (including phenoxy) is 1. The number of pyridine rings is 1. The lowest BCUT2D eigenvalue weighted by molar-refractivity contribution is 0.0878. The van der Waals surface area contributed by atoms with Crippen LogP contribution >= 0.6 is 0 Å². The van der Waals surface area contributed by atoms with Gasteiger partial charge in [-0.2, -0.15) is 0 Å². The third kappa shape index (κ3) is 1.45. The second kappa shape index (κ2) is 3.44. The van der Waals surface area contributed by atoms with E-state index in [1.54, 1.807) is 7.11 Å². The maximum absolute atomic E-state index is 5.34. The third-order valence-corrected chi connectivity index (χ3v) is 2.54. The molecule has 3 heteroatoms. The molecule has 0 aromatic carbocycles. The monoisotopic (exact) mass is 178 g/mol. The van der Waals surface area contributed by atoms with Crippen LogP contribution in [0.25, 0.3) is 0 Å². The van der Waals surface area contributed by atoms with Crippen molar-refractivity contribution in [3.8, 4) is 0 Å². The molecule has 13 heavy (non-hydrogen) atoms. The SMILES string of the molecule is CO[C@H]1CN[C@H](C)c2cccnc21. The van der Waals surface area contributed by atoms with E-state index in [1.807, 2.05) is 12.3 Å². The van der Waals surface area contributed by atoms with Crippen molar-refractivity contribution >= 4 is 0 Å². The largest absolute Gasteiger partial charge is 0.374 e. The Morgan fingerprint density at radius 1 is 1.62 bits per heavy atom. The molecule has 2 rings (SSSR count). The molecule has 1 aliphatic heterocycles. The van der Waals surface area contributed by atoms with Crippen LogP contribution in [0.2, 0.25) is 0 Å². The van der Waals surface area contributed by atoms with Gasteiger partial charge in [-0.1, -0.05) is 6.07 Å². The lowest BCUT2D eigenvalue weighted by Crippen LogP contribution is -2.32. The van der Waals surface area contributed by atoms with Crippen LogP contribution in [0.15, 0.2) is 18.3 Å². The summed E-state index contributed by atoms with van der Waals surface area (Å²) in [5, 5.41) is 3.37. The molecule has 2 atom stereocenters. The van der Waals surface area contributed by atoms with Crippen LogP contribution in [0.4, 0.5) is 0 Å². The van der Waals surface area contributed by atoms with Crippen LogP contribution in [0.1, 0.15) is 30.3 Å². The molecule has 1 N–H and O–H groups in total. The molecule has 0 bridgehead atoms. The first-order chi connectivity index (χ1) is 6.33. The summed E-state index contributed by atoms with van der Waals surface area (Å²) in [6.07, 6.45) is 1.93. The average Bonchev–Trinajstić information content (AvgIpc) is 2.19. The Bertz CT molecular complexity index is 301. The lowest BCUT2D eigenvalue weighted by atomic mass is 9.99. The van der Waals surface area contributed by atoms with E-state index in [2.05, 4.69) is 23.3 Å². The van der Waals surface area contributed by atoms with Gasteiger partial charge in [-0.05, 0) is 18.6 Å². The highest BCUT2D eigenvalue weighted by molar-refractivity contribution is 5.27. The molecule has 1 aliphatic rings. The third-order valence-electron chi connectivity index (χ3n) is 2.54. The highest BCUT2D eigenvalue weighted by Crippen LogP contribution is 2.27. The molecule has 1 aromatic heterocycles. The molecule has 0 spiro atoms. The minimum absolute atomic E-state index is 0.104. The summed E-state index contributed by atoms with van der Waals surface area (Å²) in [7, 11) is 1.72. The van der Waals surface area contributed by atoms with E-state index < -0.39 is 0 Å². The summed E-state index contributed by atoms with van der Waals surface area (Å²) in [5.41, 5.74) is 2.33. The van der Waals surface area contributed by atoms with Gasteiger partial charge in [0, 0.05) is 25.9 Å². The van der Waals surface area contributed by atoms with E-state index >= 15 is 0 Å². The summed E-state index contributed by atoms with van der Waals surface area (Å²) in [5.74, 6) is 0. The highest BCUT2D eigenvalue weighted by atomic mass is 16.5. The van der Waals surface area contributed by atoms with Gasteiger partial charge in [0.2, 0.25) is 0 Å². The average molecular weight is 178 g/mol. The Kier molecular flexibility index (Phi) is 2.29. The van der Waals surface area contributed by atoms with Crippen molar-refractivity contribution in [1.29, 1.82) is 0 Å². The van der Waals surface area contributed by atoms with Crippen LogP contribution in [0.3, 0.4) is 0 Å². The van der Waals surface area contributed by atoms with Gasteiger partial charge in [-0.3, -0.25) is 4.98 Å². The molecule has 3 nitrogen and oxygen atoms in total. The minimum Gasteiger partial charge on any atom is -0.374 e. The fraction of sp³-hybridized carbons (Fsp3) is 0.500. The number of rotatable bonds is 1. The standard InChI is InChI=1S/C10H14N2O/c1-7-8-4-3-5-11-10(8)9(13-2)6-12-7/h3-5,7,9,12H,6H2,1-2H3/t7-,9+/m1/s1. The van der Waals surface area contributed by atoms with Crippen molar-refractivity contribution in [2.24, 2.45) is 0 Å². The maximum Gasteiger partial charge on any atom is 0.112 e. The first kappa shape index (κ1) is 8.66. The van der Waals surface area contributed by atoms with E-state index in [0.717, 1.165) is 12.2 Å². The molecule has 1 aromatic rings. The van der Waals surface area contributed by atoms with Gasteiger partial charge in [0.05, 0.1) is 5.69 Å². The molecule has 0 amide bonds. The van der Waals surface area contributed by atoms with Gasteiger partial charge < -0.3 is 10.1 Å². The van der Waals surface area contributed by atoms with Crippen molar-refractivity contribution in [2.45, 2.75) is 19.1 Å². The molecule has 0 saturated carbocycles. The van der Waals surface area contributed by atoms with Gasteiger partial charge in [-0.25, -0.2) is 0 Å². The van der Waals surface area contributed by atoms with Crippen LogP contribution in [-0.2, 0) is 4.74 Å². The summed E-state index contributed by atoms with van der Waals surface area (Å²) < 4.78 is 5.34. The Labute approximate surface area is 78.1 Å². The molecular formula is C10H14N2O. The molecule has 0 radical (unpaired) electrons. The minimum atomic E-state index is 0.104. The number of aromatic nitrogens is 1. The van der Waals surface area contributed by atoms with Gasteiger partial charge in [0.1, 0.15) is 6.10 Å². The maximum atomic E-state index is 5.34. The van der Waals surface area contributed by atoms with E-state index in [-0.39, 0.29) is 6.10 Å². The fourth-order valence-corrected chi connectivity index (χ4v) is 1.75. The van der Waals surface area contributed by atoms with Crippen molar-refractivity contribution in [3.63, 3.8) is 0 Å². The first-order valence-corrected chi connectivity index (χ1v) is 4.54. The summed E-state index contributed by atoms with van der Waals surface area (Å²) >= 11 is 0. The van der Waals surface area contributed by atoms with Gasteiger partial charge in [-0.15, -0.1) is 0 Å². The van der Waals surface area contributed by atoms with E-state index in [0.29, 0.717) is 6.04 Å². The van der Waals surface area contributed by atoms with Gasteiger partial charge >= 0.3 is 0 Å². The highest BCUT2D eigenvalue weighted by Gasteiger charge is 2.24. The number of methoxy groups -OCH3 is 1. The van der Waals surface area contributed by atoms with Gasteiger partial charge in [0.15, 0.2) is 0 Å². The van der Waals surface area contributed by atoms with E-state index in [9.17, 15) is 0 Å². The Morgan fingerprint density at radius 2 is 2.46 bits per heavy atom. The van der Waals surface area contributed by atoms with Crippen molar-refractivity contribution in [2.75, 3.05) is 13.7 Å². The van der Waals surface area contributed by atoms with Crippen LogP contribution in [0.5, 0.6) is 0 Å². The molecular weight excluding hydrogens is 164 g/mol. The number of hydrogen-bond acceptors (Lipinski definition) is 3. The molecule has 0 fully saturated rings. The molecule has 0 unspecified atom stereocenters. The zero-order chi connectivity index (χ0) is 9.26. The zero-order valence-corrected chi connectivity index (χ0v) is 7.95. The van der Waals surface area contributed by atoms with Crippen molar-refractivity contribution < 1.29 is 4.74 Å². The predicted octanol–water partition coefficient (Wildman–Crippen LogP) is 1.43. The Hall–Kier alpha value is -0.930. The van der Waals surface area contributed by atoms with Crippen molar-refractivity contribution in [1.82, 2.24) is 10.3 Å². The molecule has 0 aliphatic carbocycles.